The molecule has 4 amide bonds. The Morgan fingerprint density at radius 2 is 1.68 bits per heavy atom. The van der Waals surface area contributed by atoms with Crippen molar-refractivity contribution in [3.05, 3.63) is 12.2 Å². The first-order chi connectivity index (χ1) is 13.4. The molecule has 2 aliphatic heterocycles. The molecule has 9 nitrogen and oxygen atoms in total. The lowest BCUT2D eigenvalue weighted by Crippen LogP contribution is -2.49. The molecule has 4 atom stereocenters. The molecule has 2 aliphatic carbocycles. The van der Waals surface area contributed by atoms with Crippen molar-refractivity contribution in [3.63, 3.8) is 0 Å². The van der Waals surface area contributed by atoms with Crippen LogP contribution < -0.4 is 0 Å². The van der Waals surface area contributed by atoms with Gasteiger partial charge in [0.1, 0.15) is 0 Å². The van der Waals surface area contributed by atoms with Gasteiger partial charge in [0, 0.05) is 19.4 Å². The summed E-state index contributed by atoms with van der Waals surface area (Å²) in [5.41, 5.74) is 0. The second-order valence-electron chi connectivity index (χ2n) is 7.38. The van der Waals surface area contributed by atoms with Crippen molar-refractivity contribution in [2.45, 2.75) is 25.7 Å². The molecule has 0 spiro atoms. The van der Waals surface area contributed by atoms with Gasteiger partial charge in [-0.2, -0.15) is 5.01 Å². The lowest BCUT2D eigenvalue weighted by Gasteiger charge is -2.29. The van der Waals surface area contributed by atoms with Gasteiger partial charge in [-0.25, -0.2) is 9.80 Å². The number of hydrazine groups is 1. The highest BCUT2D eigenvalue weighted by molar-refractivity contribution is 6.06. The van der Waals surface area contributed by atoms with Crippen molar-refractivity contribution in [2.75, 3.05) is 13.1 Å². The van der Waals surface area contributed by atoms with E-state index in [1.807, 2.05) is 12.2 Å². The van der Waals surface area contributed by atoms with E-state index in [4.69, 9.17) is 11.3 Å². The maximum absolute atomic E-state index is 12.9. The van der Waals surface area contributed by atoms with Gasteiger partial charge in [0.25, 0.3) is 11.8 Å². The Bertz CT molecular complexity index is 797. The number of hydrogen-bond donors (Lipinski definition) is 0. The van der Waals surface area contributed by atoms with E-state index in [2.05, 4.69) is 5.92 Å². The third-order valence-corrected chi connectivity index (χ3v) is 5.78. The Balaban J connectivity index is 1.41. The number of allylic oxidation sites excluding steroid dienone is 2. The van der Waals surface area contributed by atoms with Crippen molar-refractivity contribution < 1.29 is 28.8 Å². The normalized spacial score (nSPS) is 30.6. The first-order valence-corrected chi connectivity index (χ1v) is 9.23. The van der Waals surface area contributed by atoms with E-state index in [1.54, 1.807) is 0 Å². The maximum atomic E-state index is 12.9. The number of hydrogen-bond acceptors (Lipinski definition) is 7. The fourth-order valence-electron chi connectivity index (χ4n) is 4.55. The zero-order valence-electron chi connectivity index (χ0n) is 15.1. The fraction of sp³-hybridized carbons (Fsp3) is 0.526. The number of imide groups is 2. The molecule has 28 heavy (non-hydrogen) atoms. The molecule has 0 radical (unpaired) electrons. The van der Waals surface area contributed by atoms with Crippen LogP contribution in [-0.2, 0) is 28.8 Å². The Labute approximate surface area is 161 Å². The van der Waals surface area contributed by atoms with E-state index >= 15 is 0 Å². The summed E-state index contributed by atoms with van der Waals surface area (Å²) < 4.78 is 0. The highest BCUT2D eigenvalue weighted by Gasteiger charge is 2.60. The number of fused-ring (bicyclic) bond motifs is 5. The first-order valence-electron chi connectivity index (χ1n) is 9.23. The highest BCUT2D eigenvalue weighted by atomic mass is 16.7. The van der Waals surface area contributed by atoms with Crippen LogP contribution in [0.4, 0.5) is 0 Å². The Kier molecular flexibility index (Phi) is 4.51. The predicted molar refractivity (Wildman–Crippen MR) is 91.8 cm³/mol. The first kappa shape index (κ1) is 18.4. The second kappa shape index (κ2) is 6.87. The maximum Gasteiger partial charge on any atom is 0.334 e. The summed E-state index contributed by atoms with van der Waals surface area (Å²) in [6.45, 7) is -0.0759. The van der Waals surface area contributed by atoms with E-state index in [0.29, 0.717) is 5.06 Å². The molecule has 146 valence electrons. The van der Waals surface area contributed by atoms with E-state index in [0.717, 1.165) is 11.4 Å². The SMILES string of the molecule is C#CCN(CCC(=O)ON1C(=O)CCC1=O)N1C(=O)[C@@H]2[C@H](C1=O)[C@H]1C=C[C@@H]2C1. The summed E-state index contributed by atoms with van der Waals surface area (Å²) in [7, 11) is 0. The number of nitrogens with zero attached hydrogens (tertiary/aromatic N) is 3. The third kappa shape index (κ3) is 2.81. The smallest absolute Gasteiger partial charge is 0.330 e. The van der Waals surface area contributed by atoms with Gasteiger partial charge in [-0.05, 0) is 18.3 Å². The Hall–Kier alpha value is -2.99. The zero-order chi connectivity index (χ0) is 20.0. The van der Waals surface area contributed by atoms with Crippen LogP contribution in [0.5, 0.6) is 0 Å². The minimum Gasteiger partial charge on any atom is -0.330 e. The van der Waals surface area contributed by atoms with Crippen molar-refractivity contribution >= 4 is 29.6 Å². The lowest BCUT2D eigenvalue weighted by atomic mass is 9.85. The molecule has 0 N–H and O–H groups in total. The van der Waals surface area contributed by atoms with Gasteiger partial charge in [0.2, 0.25) is 11.8 Å². The van der Waals surface area contributed by atoms with Crippen LogP contribution in [0, 0.1) is 36.0 Å². The molecule has 1 saturated carbocycles. The average molecular weight is 385 g/mol. The largest absolute Gasteiger partial charge is 0.334 e. The number of carbonyl (C=O) groups is 5. The molecule has 0 unspecified atom stereocenters. The molecule has 0 aromatic rings. The highest BCUT2D eigenvalue weighted by Crippen LogP contribution is 2.52. The Morgan fingerprint density at radius 1 is 1.11 bits per heavy atom. The number of carbonyl (C=O) groups excluding carboxylic acids is 5. The summed E-state index contributed by atoms with van der Waals surface area (Å²) in [5.74, 6) is -0.733. The topological polar surface area (TPSA) is 104 Å². The summed E-state index contributed by atoms with van der Waals surface area (Å²) in [5, 5.41) is 2.89. The number of rotatable bonds is 6. The molecule has 9 heteroatoms. The van der Waals surface area contributed by atoms with Crippen LogP contribution in [0.1, 0.15) is 25.7 Å². The summed E-state index contributed by atoms with van der Waals surface area (Å²) in [6, 6.07) is 0. The van der Waals surface area contributed by atoms with E-state index in [9.17, 15) is 24.0 Å². The molecule has 4 rings (SSSR count). The number of hydroxylamine groups is 2. The van der Waals surface area contributed by atoms with Crippen LogP contribution >= 0.6 is 0 Å². The van der Waals surface area contributed by atoms with Crippen molar-refractivity contribution in [2.24, 2.45) is 23.7 Å². The van der Waals surface area contributed by atoms with E-state index in [-0.39, 0.29) is 67.8 Å². The van der Waals surface area contributed by atoms with Gasteiger partial charge >= 0.3 is 5.97 Å². The van der Waals surface area contributed by atoms with Gasteiger partial charge in [-0.3, -0.25) is 19.2 Å². The molecular weight excluding hydrogens is 366 g/mol. The quantitative estimate of drug-likeness (QED) is 0.349. The molecule has 2 saturated heterocycles. The fourth-order valence-corrected chi connectivity index (χ4v) is 4.55. The second-order valence-corrected chi connectivity index (χ2v) is 7.38. The molecule has 3 fully saturated rings. The Morgan fingerprint density at radius 3 is 2.21 bits per heavy atom. The van der Waals surface area contributed by atoms with Crippen LogP contribution in [0.2, 0.25) is 0 Å². The van der Waals surface area contributed by atoms with Gasteiger partial charge in [-0.15, -0.1) is 11.5 Å². The zero-order valence-corrected chi connectivity index (χ0v) is 15.1. The van der Waals surface area contributed by atoms with Crippen LogP contribution in [0.15, 0.2) is 12.2 Å². The third-order valence-electron chi connectivity index (χ3n) is 5.78. The minimum atomic E-state index is -0.813. The molecule has 2 heterocycles. The van der Waals surface area contributed by atoms with Gasteiger partial charge in [0.05, 0.1) is 24.8 Å². The summed E-state index contributed by atoms with van der Waals surface area (Å²) >= 11 is 0. The monoisotopic (exact) mass is 385 g/mol. The van der Waals surface area contributed by atoms with E-state index in [1.165, 1.54) is 5.01 Å². The minimum absolute atomic E-state index is 0.00522. The van der Waals surface area contributed by atoms with Gasteiger partial charge in [-0.1, -0.05) is 18.1 Å². The molecule has 0 aromatic heterocycles. The predicted octanol–water partition coefficient (Wildman–Crippen LogP) is -0.359. The van der Waals surface area contributed by atoms with Gasteiger partial charge in [0.15, 0.2) is 0 Å². The van der Waals surface area contributed by atoms with Gasteiger partial charge < -0.3 is 4.84 Å². The van der Waals surface area contributed by atoms with Crippen molar-refractivity contribution in [3.8, 4) is 12.3 Å². The summed E-state index contributed by atoms with van der Waals surface area (Å²) in [6.07, 6.45) is 9.96. The van der Waals surface area contributed by atoms with Crippen LogP contribution in [0.3, 0.4) is 0 Å². The van der Waals surface area contributed by atoms with E-state index < -0.39 is 17.8 Å². The van der Waals surface area contributed by atoms with Crippen molar-refractivity contribution in [1.82, 2.24) is 15.1 Å². The van der Waals surface area contributed by atoms with Crippen LogP contribution in [0.25, 0.3) is 0 Å². The summed E-state index contributed by atoms with van der Waals surface area (Å²) in [4.78, 5) is 65.6. The number of terminal acetylenes is 1. The average Bonchev–Trinajstić information content (AvgIpc) is 3.40. The molecule has 0 aromatic carbocycles. The van der Waals surface area contributed by atoms with Crippen LogP contribution in [-0.4, -0.2) is 57.8 Å². The number of amides is 4. The molecule has 2 bridgehead atoms. The molecular formula is C19H19N3O6. The lowest BCUT2D eigenvalue weighted by molar-refractivity contribution is -0.198. The van der Waals surface area contributed by atoms with Crippen molar-refractivity contribution in [1.29, 1.82) is 0 Å². The molecule has 4 aliphatic rings. The standard InChI is InChI=1S/C19H19N3O6/c1-2-8-20(9-7-15(25)28-22-13(23)5-6-14(22)24)21-18(26)16-11-3-4-12(10-11)17(16)19(21)27/h1,3-4,11-12,16-17H,5-10H2/t11-,12+,16+,17-.